The van der Waals surface area contributed by atoms with Crippen LogP contribution in [0, 0.1) is 0 Å². The Bertz CT molecular complexity index is 515. The quantitative estimate of drug-likeness (QED) is 0.887. The van der Waals surface area contributed by atoms with Crippen molar-refractivity contribution in [3.05, 3.63) is 23.8 Å². The van der Waals surface area contributed by atoms with Gasteiger partial charge >= 0.3 is 12.0 Å². The predicted molar refractivity (Wildman–Crippen MR) is 69.7 cm³/mol. The van der Waals surface area contributed by atoms with Gasteiger partial charge in [-0.05, 0) is 17.7 Å². The van der Waals surface area contributed by atoms with E-state index in [0.29, 0.717) is 30.1 Å². The summed E-state index contributed by atoms with van der Waals surface area (Å²) >= 11 is 0. The summed E-state index contributed by atoms with van der Waals surface area (Å²) in [5.41, 5.74) is 1.27. The van der Waals surface area contributed by atoms with Crippen LogP contribution in [0.15, 0.2) is 18.2 Å². The number of carboxylic acids is 1. The van der Waals surface area contributed by atoms with Gasteiger partial charge in [0.15, 0.2) is 0 Å². The van der Waals surface area contributed by atoms with Crippen molar-refractivity contribution >= 4 is 17.7 Å². The summed E-state index contributed by atoms with van der Waals surface area (Å²) in [5, 5.41) is 8.82. The number of rotatable bonds is 4. The maximum atomic E-state index is 12.0. The molecule has 1 aliphatic heterocycles. The first-order chi connectivity index (χ1) is 9.02. The maximum absolute atomic E-state index is 12.0. The van der Waals surface area contributed by atoms with E-state index in [0.717, 1.165) is 0 Å². The number of amides is 2. The Morgan fingerprint density at radius 2 is 2.16 bits per heavy atom. The number of anilines is 1. The molecule has 2 rings (SSSR count). The van der Waals surface area contributed by atoms with E-state index in [2.05, 4.69) is 0 Å². The number of hydrogen-bond acceptors (Lipinski definition) is 3. The number of carbonyl (C=O) groups excluding carboxylic acids is 1. The number of carboxylic acid groups (broad SMARTS) is 1. The van der Waals surface area contributed by atoms with Crippen LogP contribution in [0.5, 0.6) is 5.75 Å². The summed E-state index contributed by atoms with van der Waals surface area (Å²) in [6.45, 7) is 1.22. The van der Waals surface area contributed by atoms with E-state index in [9.17, 15) is 9.59 Å². The minimum atomic E-state index is -0.902. The van der Waals surface area contributed by atoms with E-state index in [-0.39, 0.29) is 12.5 Å². The maximum Gasteiger partial charge on any atom is 0.324 e. The second-order valence-electron chi connectivity index (χ2n) is 4.43. The summed E-state index contributed by atoms with van der Waals surface area (Å²) in [6.07, 6.45) is -0.0745. The van der Waals surface area contributed by atoms with Gasteiger partial charge in [-0.3, -0.25) is 9.69 Å². The Balaban J connectivity index is 2.36. The van der Waals surface area contributed by atoms with E-state index in [1.54, 1.807) is 35.0 Å². The standard InChI is InChI=1S/C13H16N2O4/c1-14-5-6-15(13(14)18)10-7-9(8-12(16)17)3-4-11(10)19-2/h3-4,7H,5-6,8H2,1-2H3,(H,16,17). The Morgan fingerprint density at radius 1 is 1.42 bits per heavy atom. The Labute approximate surface area is 111 Å². The lowest BCUT2D eigenvalue weighted by Crippen LogP contribution is -2.29. The fraction of sp³-hybridized carbons (Fsp3) is 0.385. The number of urea groups is 1. The van der Waals surface area contributed by atoms with E-state index in [1.807, 2.05) is 0 Å². The largest absolute Gasteiger partial charge is 0.495 e. The molecule has 0 saturated carbocycles. The van der Waals surface area contributed by atoms with Gasteiger partial charge in [0.25, 0.3) is 0 Å². The SMILES string of the molecule is COc1ccc(CC(=O)O)cc1N1CCN(C)C1=O. The van der Waals surface area contributed by atoms with Crippen molar-refractivity contribution in [1.29, 1.82) is 0 Å². The van der Waals surface area contributed by atoms with Gasteiger partial charge in [0.2, 0.25) is 0 Å². The van der Waals surface area contributed by atoms with Crippen molar-refractivity contribution in [1.82, 2.24) is 4.90 Å². The number of carbonyl (C=O) groups is 2. The highest BCUT2D eigenvalue weighted by Crippen LogP contribution is 2.31. The fourth-order valence-electron chi connectivity index (χ4n) is 2.10. The first kappa shape index (κ1) is 13.2. The molecule has 0 bridgehead atoms. The second-order valence-corrected chi connectivity index (χ2v) is 4.43. The van der Waals surface area contributed by atoms with Crippen LogP contribution in [0.2, 0.25) is 0 Å². The molecule has 2 amide bonds. The van der Waals surface area contributed by atoms with Crippen molar-refractivity contribution < 1.29 is 19.4 Å². The van der Waals surface area contributed by atoms with Gasteiger partial charge in [0, 0.05) is 20.1 Å². The van der Waals surface area contributed by atoms with Gasteiger partial charge in [-0.2, -0.15) is 0 Å². The smallest absolute Gasteiger partial charge is 0.324 e. The highest BCUT2D eigenvalue weighted by atomic mass is 16.5. The molecular formula is C13H16N2O4. The first-order valence-corrected chi connectivity index (χ1v) is 5.94. The molecule has 1 fully saturated rings. The lowest BCUT2D eigenvalue weighted by atomic mass is 10.1. The zero-order chi connectivity index (χ0) is 14.0. The zero-order valence-electron chi connectivity index (χ0n) is 10.9. The molecule has 6 nitrogen and oxygen atoms in total. The summed E-state index contributed by atoms with van der Waals surface area (Å²) in [5.74, 6) is -0.334. The molecule has 102 valence electrons. The van der Waals surface area contributed by atoms with Gasteiger partial charge in [-0.1, -0.05) is 6.07 Å². The van der Waals surface area contributed by atoms with Crippen LogP contribution >= 0.6 is 0 Å². The third kappa shape index (κ3) is 2.62. The van der Waals surface area contributed by atoms with Gasteiger partial charge in [-0.15, -0.1) is 0 Å². The molecule has 0 atom stereocenters. The van der Waals surface area contributed by atoms with E-state index < -0.39 is 5.97 Å². The Hall–Kier alpha value is -2.24. The van der Waals surface area contributed by atoms with Crippen LogP contribution in [0.25, 0.3) is 0 Å². The molecule has 6 heteroatoms. The monoisotopic (exact) mass is 264 g/mol. The molecule has 19 heavy (non-hydrogen) atoms. The lowest BCUT2D eigenvalue weighted by Gasteiger charge is -2.19. The lowest BCUT2D eigenvalue weighted by molar-refractivity contribution is -0.136. The summed E-state index contributed by atoms with van der Waals surface area (Å²) in [6, 6.07) is 4.98. The van der Waals surface area contributed by atoms with E-state index in [4.69, 9.17) is 9.84 Å². The third-order valence-corrected chi connectivity index (χ3v) is 3.11. The van der Waals surface area contributed by atoms with E-state index >= 15 is 0 Å². The topological polar surface area (TPSA) is 70.1 Å². The van der Waals surface area contributed by atoms with Gasteiger partial charge in [0.1, 0.15) is 5.75 Å². The first-order valence-electron chi connectivity index (χ1n) is 5.94. The summed E-state index contributed by atoms with van der Waals surface area (Å²) < 4.78 is 5.24. The van der Waals surface area contributed by atoms with Crippen LogP contribution in [0.1, 0.15) is 5.56 Å². The molecule has 1 aromatic rings. The number of likely N-dealkylation sites (N-methyl/N-ethyl adjacent to an activating group) is 1. The normalized spacial score (nSPS) is 14.9. The average molecular weight is 264 g/mol. The average Bonchev–Trinajstić information content (AvgIpc) is 2.69. The molecule has 1 heterocycles. The van der Waals surface area contributed by atoms with Crippen molar-refractivity contribution in [2.45, 2.75) is 6.42 Å². The van der Waals surface area contributed by atoms with Crippen molar-refractivity contribution in [2.24, 2.45) is 0 Å². The number of ether oxygens (including phenoxy) is 1. The summed E-state index contributed by atoms with van der Waals surface area (Å²) in [4.78, 5) is 26.0. The molecule has 0 unspecified atom stereocenters. The Morgan fingerprint density at radius 3 is 2.68 bits per heavy atom. The number of aliphatic carboxylic acids is 1. The van der Waals surface area contributed by atoms with Crippen LogP contribution in [-0.2, 0) is 11.2 Å². The Kier molecular flexibility index (Phi) is 3.59. The van der Waals surface area contributed by atoms with Crippen molar-refractivity contribution in [2.75, 3.05) is 32.1 Å². The molecule has 0 aromatic heterocycles. The minimum Gasteiger partial charge on any atom is -0.495 e. The molecule has 1 aliphatic rings. The van der Waals surface area contributed by atoms with Gasteiger partial charge in [-0.25, -0.2) is 4.79 Å². The molecular weight excluding hydrogens is 248 g/mol. The number of benzene rings is 1. The van der Waals surface area contributed by atoms with Gasteiger partial charge < -0.3 is 14.7 Å². The van der Waals surface area contributed by atoms with Crippen LogP contribution < -0.4 is 9.64 Å². The minimum absolute atomic E-state index is 0.0745. The number of methoxy groups -OCH3 is 1. The molecule has 0 radical (unpaired) electrons. The van der Waals surface area contributed by atoms with Crippen LogP contribution in [-0.4, -0.2) is 49.3 Å². The van der Waals surface area contributed by atoms with Crippen LogP contribution in [0.4, 0.5) is 10.5 Å². The van der Waals surface area contributed by atoms with Crippen LogP contribution in [0.3, 0.4) is 0 Å². The highest BCUT2D eigenvalue weighted by Gasteiger charge is 2.28. The number of hydrogen-bond donors (Lipinski definition) is 1. The third-order valence-electron chi connectivity index (χ3n) is 3.11. The zero-order valence-corrected chi connectivity index (χ0v) is 10.9. The highest BCUT2D eigenvalue weighted by molar-refractivity contribution is 5.95. The molecule has 1 aromatic carbocycles. The molecule has 1 N–H and O–H groups in total. The fourth-order valence-corrected chi connectivity index (χ4v) is 2.10. The van der Waals surface area contributed by atoms with E-state index in [1.165, 1.54) is 7.11 Å². The molecule has 0 spiro atoms. The molecule has 1 saturated heterocycles. The number of nitrogens with zero attached hydrogens (tertiary/aromatic N) is 2. The van der Waals surface area contributed by atoms with Crippen molar-refractivity contribution in [3.8, 4) is 5.75 Å². The predicted octanol–water partition coefficient (Wildman–Crippen LogP) is 1.19. The van der Waals surface area contributed by atoms with Crippen molar-refractivity contribution in [3.63, 3.8) is 0 Å². The van der Waals surface area contributed by atoms with Gasteiger partial charge in [0.05, 0.1) is 19.2 Å². The summed E-state index contributed by atoms with van der Waals surface area (Å²) in [7, 11) is 3.26. The second kappa shape index (κ2) is 5.17. The molecule has 0 aliphatic carbocycles.